The van der Waals surface area contributed by atoms with Crippen LogP contribution < -0.4 is 10.6 Å². The normalized spacial score (nSPS) is 10.6. The van der Waals surface area contributed by atoms with Crippen LogP contribution in [0.1, 0.15) is 5.56 Å². The highest BCUT2D eigenvalue weighted by atomic mass is 79.9. The second-order valence-electron chi connectivity index (χ2n) is 4.10. The molecule has 20 heavy (non-hydrogen) atoms. The minimum absolute atomic E-state index is 0.155. The van der Waals surface area contributed by atoms with Gasteiger partial charge in [-0.05, 0) is 28.1 Å². The lowest BCUT2D eigenvalue weighted by molar-refractivity contribution is 0.190. The van der Waals surface area contributed by atoms with Gasteiger partial charge in [0.05, 0.1) is 23.4 Å². The Balaban J connectivity index is 3.06. The molecule has 0 aliphatic rings. The second-order valence-corrected chi connectivity index (χ2v) is 5.33. The summed E-state index contributed by atoms with van der Waals surface area (Å²) in [5, 5.41) is 0. The summed E-state index contributed by atoms with van der Waals surface area (Å²) >= 11 is 8.09. The van der Waals surface area contributed by atoms with Crippen LogP contribution in [0.3, 0.4) is 0 Å². The van der Waals surface area contributed by atoms with Crippen LogP contribution in [0.25, 0.3) is 0 Å². The molecule has 0 aliphatic heterocycles. The van der Waals surface area contributed by atoms with E-state index in [1.54, 1.807) is 26.4 Å². The number of hydrogen-bond donors (Lipinski definition) is 1. The molecule has 4 nitrogen and oxygen atoms in total. The molecule has 0 unspecified atom stereocenters. The van der Waals surface area contributed by atoms with Crippen LogP contribution in [0.5, 0.6) is 0 Å². The van der Waals surface area contributed by atoms with Crippen LogP contribution in [0.4, 0.5) is 10.1 Å². The van der Waals surface area contributed by atoms with Crippen molar-refractivity contribution in [2.45, 2.75) is 0 Å². The second kappa shape index (κ2) is 8.51. The molecular formula is C13H18BrFN2O2S. The minimum atomic E-state index is -0.387. The third-order valence-electron chi connectivity index (χ3n) is 2.80. The van der Waals surface area contributed by atoms with Gasteiger partial charge in [0.25, 0.3) is 0 Å². The first-order chi connectivity index (χ1) is 9.52. The van der Waals surface area contributed by atoms with E-state index < -0.39 is 0 Å². The molecule has 0 atom stereocenters. The Morgan fingerprint density at radius 1 is 1.30 bits per heavy atom. The zero-order chi connectivity index (χ0) is 15.1. The molecule has 112 valence electrons. The predicted molar refractivity (Wildman–Crippen MR) is 86.0 cm³/mol. The third kappa shape index (κ3) is 4.37. The van der Waals surface area contributed by atoms with Gasteiger partial charge in [0.2, 0.25) is 0 Å². The maximum Gasteiger partial charge on any atom is 0.161 e. The number of halogens is 2. The molecule has 0 amide bonds. The van der Waals surface area contributed by atoms with Crippen molar-refractivity contribution in [3.8, 4) is 0 Å². The van der Waals surface area contributed by atoms with E-state index in [1.165, 1.54) is 0 Å². The summed E-state index contributed by atoms with van der Waals surface area (Å²) in [5.41, 5.74) is 6.50. The Hall–Kier alpha value is -0.760. The van der Waals surface area contributed by atoms with E-state index in [0.29, 0.717) is 37.6 Å². The number of rotatable bonds is 8. The monoisotopic (exact) mass is 364 g/mol. The van der Waals surface area contributed by atoms with Gasteiger partial charge in [-0.2, -0.15) is 0 Å². The third-order valence-corrected chi connectivity index (χ3v) is 3.79. The SMILES string of the molecule is COCCN(CCOC)c1ccc(C(N)=S)c(Br)c1F. The lowest BCUT2D eigenvalue weighted by Gasteiger charge is -2.25. The lowest BCUT2D eigenvalue weighted by atomic mass is 10.2. The van der Waals surface area contributed by atoms with Crippen LogP contribution in [-0.4, -0.2) is 45.5 Å². The quantitative estimate of drug-likeness (QED) is 0.717. The number of benzene rings is 1. The average molecular weight is 365 g/mol. The molecule has 0 heterocycles. The molecule has 0 saturated heterocycles. The fourth-order valence-corrected chi connectivity index (χ4v) is 2.58. The Bertz CT molecular complexity index is 466. The molecular weight excluding hydrogens is 347 g/mol. The van der Waals surface area contributed by atoms with Crippen molar-refractivity contribution in [3.05, 3.63) is 28.0 Å². The maximum absolute atomic E-state index is 14.4. The molecule has 0 spiro atoms. The van der Waals surface area contributed by atoms with E-state index >= 15 is 0 Å². The van der Waals surface area contributed by atoms with Gasteiger partial charge < -0.3 is 20.1 Å². The van der Waals surface area contributed by atoms with E-state index in [-0.39, 0.29) is 15.3 Å². The van der Waals surface area contributed by atoms with Gasteiger partial charge in [0.15, 0.2) is 5.82 Å². The van der Waals surface area contributed by atoms with Gasteiger partial charge in [0.1, 0.15) is 4.99 Å². The highest BCUT2D eigenvalue weighted by Crippen LogP contribution is 2.29. The lowest BCUT2D eigenvalue weighted by Crippen LogP contribution is -2.31. The fraction of sp³-hybridized carbons (Fsp3) is 0.462. The molecule has 0 aromatic heterocycles. The molecule has 0 fully saturated rings. The summed E-state index contributed by atoms with van der Waals surface area (Å²) in [6.07, 6.45) is 0. The topological polar surface area (TPSA) is 47.7 Å². The standard InChI is InChI=1S/C13H18BrFN2O2S/c1-18-7-5-17(6-8-19-2)10-4-3-9(13(16)20)11(14)12(10)15/h3-4H,5-8H2,1-2H3,(H2,16,20). The highest BCUT2D eigenvalue weighted by molar-refractivity contribution is 9.10. The van der Waals surface area contributed by atoms with Crippen LogP contribution >= 0.6 is 28.1 Å². The fourth-order valence-electron chi connectivity index (χ4n) is 1.73. The molecule has 0 aliphatic carbocycles. The summed E-state index contributed by atoms with van der Waals surface area (Å²) in [5.74, 6) is -0.387. The predicted octanol–water partition coefficient (Wildman–Crippen LogP) is 2.32. The van der Waals surface area contributed by atoms with E-state index in [4.69, 9.17) is 27.4 Å². The molecule has 1 aromatic carbocycles. The Kier molecular flexibility index (Phi) is 7.36. The van der Waals surface area contributed by atoms with Crippen LogP contribution in [-0.2, 0) is 9.47 Å². The molecule has 2 N–H and O–H groups in total. The number of nitrogens with two attached hydrogens (primary N) is 1. The summed E-state index contributed by atoms with van der Waals surface area (Å²) in [6.45, 7) is 2.13. The first kappa shape index (κ1) is 17.3. The molecule has 0 radical (unpaired) electrons. The molecule has 7 heteroatoms. The van der Waals surface area contributed by atoms with Crippen molar-refractivity contribution >= 4 is 38.8 Å². The van der Waals surface area contributed by atoms with Gasteiger partial charge in [-0.3, -0.25) is 0 Å². The average Bonchev–Trinajstić information content (AvgIpc) is 2.42. The Labute approximate surface area is 132 Å². The van der Waals surface area contributed by atoms with E-state index in [9.17, 15) is 4.39 Å². The first-order valence-electron chi connectivity index (χ1n) is 6.03. The summed E-state index contributed by atoms with van der Waals surface area (Å²) in [4.78, 5) is 2.01. The van der Waals surface area contributed by atoms with Gasteiger partial charge >= 0.3 is 0 Å². The molecule has 1 aromatic rings. The molecule has 0 saturated carbocycles. The van der Waals surface area contributed by atoms with Crippen molar-refractivity contribution in [3.63, 3.8) is 0 Å². The smallest absolute Gasteiger partial charge is 0.161 e. The minimum Gasteiger partial charge on any atom is -0.389 e. The molecule has 0 bridgehead atoms. The van der Waals surface area contributed by atoms with E-state index in [2.05, 4.69) is 15.9 Å². The van der Waals surface area contributed by atoms with Gasteiger partial charge in [-0.25, -0.2) is 4.39 Å². The Morgan fingerprint density at radius 3 is 2.30 bits per heavy atom. The van der Waals surface area contributed by atoms with E-state index in [0.717, 1.165) is 0 Å². The number of methoxy groups -OCH3 is 2. The largest absolute Gasteiger partial charge is 0.389 e. The van der Waals surface area contributed by atoms with Crippen molar-refractivity contribution in [2.75, 3.05) is 45.4 Å². The van der Waals surface area contributed by atoms with Crippen molar-refractivity contribution in [2.24, 2.45) is 5.73 Å². The van der Waals surface area contributed by atoms with Crippen molar-refractivity contribution < 1.29 is 13.9 Å². The number of thiocarbonyl (C=S) groups is 1. The van der Waals surface area contributed by atoms with Gasteiger partial charge in [-0.15, -0.1) is 0 Å². The maximum atomic E-state index is 14.4. The zero-order valence-electron chi connectivity index (χ0n) is 11.5. The number of hydrogen-bond acceptors (Lipinski definition) is 4. The van der Waals surface area contributed by atoms with Crippen LogP contribution in [0.15, 0.2) is 16.6 Å². The first-order valence-corrected chi connectivity index (χ1v) is 7.23. The summed E-state index contributed by atoms with van der Waals surface area (Å²) in [6, 6.07) is 3.37. The van der Waals surface area contributed by atoms with Crippen molar-refractivity contribution in [1.29, 1.82) is 0 Å². The van der Waals surface area contributed by atoms with Crippen molar-refractivity contribution in [1.82, 2.24) is 0 Å². The number of nitrogens with zero attached hydrogens (tertiary/aromatic N) is 1. The number of anilines is 1. The summed E-state index contributed by atoms with van der Waals surface area (Å²) < 4.78 is 24.8. The van der Waals surface area contributed by atoms with Crippen LogP contribution in [0, 0.1) is 5.82 Å². The van der Waals surface area contributed by atoms with Gasteiger partial charge in [-0.1, -0.05) is 12.2 Å². The summed E-state index contributed by atoms with van der Waals surface area (Å²) in [7, 11) is 3.22. The molecule has 1 rings (SSSR count). The highest BCUT2D eigenvalue weighted by Gasteiger charge is 2.17. The zero-order valence-corrected chi connectivity index (χ0v) is 13.9. The Morgan fingerprint density at radius 2 is 1.85 bits per heavy atom. The van der Waals surface area contributed by atoms with E-state index in [1.807, 2.05) is 4.90 Å². The van der Waals surface area contributed by atoms with Crippen LogP contribution in [0.2, 0.25) is 0 Å². The van der Waals surface area contributed by atoms with Gasteiger partial charge in [0, 0.05) is 32.9 Å². The number of ether oxygens (including phenoxy) is 2.